The summed E-state index contributed by atoms with van der Waals surface area (Å²) in [4.78, 5) is 0. The predicted octanol–water partition coefficient (Wildman–Crippen LogP) is 33.4. The molecule has 126 heavy (non-hydrogen) atoms. The number of ether oxygens (including phenoxy) is 4. The fourth-order valence-corrected chi connectivity index (χ4v) is 17.6. The highest BCUT2D eigenvalue weighted by Crippen LogP contribution is 2.43. The SMILES string of the molecule is C=CCCCCc1c(CCCCC=C)c2cc(C)ccc2c2ccc(C)cc12.C=CCCCCc1ccc2c(C)c3ccccc3c(C)c2c1.C=CCCOc1cc2c(cc1C)oc1cc(C)c(OCCC=C)cc12.C=CCOc1cc(C)cc2c(OCC=C(F)F)cc(C)cc12.Cc1ccc2c(c1)c1cc(C)ccc1n2-c1cccc(-c2ccc3c(c2)CC3)c1. The number of hydrogen-bond donors (Lipinski definition) is 0. The summed E-state index contributed by atoms with van der Waals surface area (Å²) in [7, 11) is 0. The van der Waals surface area contributed by atoms with E-state index in [0.29, 0.717) is 25.6 Å². The van der Waals surface area contributed by atoms with Gasteiger partial charge in [0.05, 0.1) is 24.2 Å². The Balaban J connectivity index is 0.000000136. The number of halogens is 2. The van der Waals surface area contributed by atoms with Crippen molar-refractivity contribution in [2.45, 2.75) is 172 Å². The Morgan fingerprint density at radius 2 is 0.786 bits per heavy atom. The molecule has 0 fully saturated rings. The Morgan fingerprint density at radius 1 is 0.333 bits per heavy atom. The predicted molar refractivity (Wildman–Crippen MR) is 537 cm³/mol. The quantitative estimate of drug-likeness (QED) is 0.0188. The summed E-state index contributed by atoms with van der Waals surface area (Å²) in [6.45, 7) is 45.4. The summed E-state index contributed by atoms with van der Waals surface area (Å²) in [5.74, 6) is 3.06. The molecule has 0 spiro atoms. The van der Waals surface area contributed by atoms with Crippen molar-refractivity contribution in [3.8, 4) is 39.8 Å². The van der Waals surface area contributed by atoms with Crippen molar-refractivity contribution in [2.75, 3.05) is 26.4 Å². The van der Waals surface area contributed by atoms with Crippen LogP contribution in [0.3, 0.4) is 0 Å². The van der Waals surface area contributed by atoms with E-state index < -0.39 is 6.08 Å². The van der Waals surface area contributed by atoms with Gasteiger partial charge >= 0.3 is 0 Å². The molecule has 1 aliphatic rings. The van der Waals surface area contributed by atoms with Crippen LogP contribution in [0.4, 0.5) is 8.78 Å². The molecule has 644 valence electrons. The van der Waals surface area contributed by atoms with E-state index in [9.17, 15) is 8.78 Å². The van der Waals surface area contributed by atoms with Crippen molar-refractivity contribution < 1.29 is 32.1 Å². The van der Waals surface area contributed by atoms with E-state index in [-0.39, 0.29) is 6.61 Å². The summed E-state index contributed by atoms with van der Waals surface area (Å²) >= 11 is 0. The van der Waals surface area contributed by atoms with Gasteiger partial charge in [0.15, 0.2) is 0 Å². The Labute approximate surface area is 745 Å². The van der Waals surface area contributed by atoms with Gasteiger partial charge in [-0.1, -0.05) is 187 Å². The topological polar surface area (TPSA) is 55.0 Å². The standard InChI is InChI=1S/C28H23N.C28H34.C22H24O3.C22H24.C18H18F2O2/c1-18-6-12-27-25(14-18)26-15-19(2)7-13-28(26)29(27)24-5-3-4-21(17-24)23-11-9-20-8-10-22(20)16-23;1-5-7-9-11-13-23-24(14-12-10-8-6-2)28-20-22(4)16-18-26(28)25-17-15-21(3)19-27(23)25;1-5-7-9-23-19-13-17-18-14-20(24-10-8-6-2)16(4)12-22(18)25-21(17)11-15(19)3;1-4-5-6-7-10-18-13-14-21-16(2)19-11-8-9-12-20(19)17(3)22(21)15-18;1-4-6-21-16-10-12(2)9-15-14(16)8-13(3)11-17(15)22-7-5-18(19)20/h3-7,9,11-17H,8,10H2,1-2H3;5-6,15-20H,1-2,7-14H2,3-4H3;5-6,11-14H,1-2,7-10H2,3-4H3;4,8-9,11-15H,1,5-7,10H2,2-3H3;4-5,8-11H,1,6-7H2,2-3H3. The average molecular weight is 1670 g/mol. The molecule has 0 N–H and O–H groups in total. The highest BCUT2D eigenvalue weighted by atomic mass is 19.3. The third-order valence-electron chi connectivity index (χ3n) is 24.3. The van der Waals surface area contributed by atoms with Crippen LogP contribution in [-0.2, 0) is 32.1 Å². The minimum atomic E-state index is -1.75. The van der Waals surface area contributed by atoms with Crippen LogP contribution in [0, 0.1) is 69.2 Å². The highest BCUT2D eigenvalue weighted by molar-refractivity contribution is 6.13. The third-order valence-corrected chi connectivity index (χ3v) is 24.3. The van der Waals surface area contributed by atoms with Gasteiger partial charge in [-0.15, -0.1) is 32.9 Å². The van der Waals surface area contributed by atoms with Crippen molar-refractivity contribution in [1.82, 2.24) is 4.57 Å². The molecule has 16 aromatic rings. The van der Waals surface area contributed by atoms with Crippen molar-refractivity contribution in [3.05, 3.63) is 378 Å². The zero-order valence-electron chi connectivity index (χ0n) is 75.8. The lowest BCUT2D eigenvalue weighted by molar-refractivity contribution is 0.323. The van der Waals surface area contributed by atoms with Crippen LogP contribution < -0.4 is 18.9 Å². The van der Waals surface area contributed by atoms with Gasteiger partial charge in [0.2, 0.25) is 0 Å². The molecular weight excluding hydrogens is 1550 g/mol. The van der Waals surface area contributed by atoms with E-state index in [1.54, 1.807) is 17.2 Å². The first-order valence-corrected chi connectivity index (χ1v) is 45.0. The Hall–Kier alpha value is -12.8. The normalized spacial score (nSPS) is 11.4. The molecule has 0 saturated heterocycles. The lowest BCUT2D eigenvalue weighted by Gasteiger charge is -2.19. The number of aryl methyl sites for hydroxylation is 15. The van der Waals surface area contributed by atoms with Crippen molar-refractivity contribution in [1.29, 1.82) is 0 Å². The molecule has 6 nitrogen and oxygen atoms in total. The molecule has 2 aromatic heterocycles. The lowest BCUT2D eigenvalue weighted by atomic mass is 9.85. The molecule has 17 rings (SSSR count). The summed E-state index contributed by atoms with van der Waals surface area (Å²) in [6.07, 6.45) is 28.8. The number of furan rings is 1. The number of unbranched alkanes of at least 4 members (excludes halogenated alkanes) is 6. The summed E-state index contributed by atoms with van der Waals surface area (Å²) in [6, 6.07) is 75.2. The van der Waals surface area contributed by atoms with Crippen LogP contribution >= 0.6 is 0 Å². The first-order valence-electron chi connectivity index (χ1n) is 45.0. The molecule has 0 bridgehead atoms. The minimum Gasteiger partial charge on any atom is -0.493 e. The molecule has 1 aliphatic carbocycles. The zero-order valence-corrected chi connectivity index (χ0v) is 75.8. The zero-order chi connectivity index (χ0) is 88.9. The maximum atomic E-state index is 12.2. The monoisotopic (exact) mass is 1670 g/mol. The molecule has 2 heterocycles. The van der Waals surface area contributed by atoms with Crippen LogP contribution in [0.1, 0.15) is 154 Å². The number of rotatable bonds is 31. The van der Waals surface area contributed by atoms with Crippen LogP contribution in [0.15, 0.2) is 299 Å². The molecule has 0 saturated carbocycles. The molecule has 0 radical (unpaired) electrons. The largest absolute Gasteiger partial charge is 0.493 e. The molecule has 8 heteroatoms. The first-order chi connectivity index (χ1) is 61.2. The van der Waals surface area contributed by atoms with E-state index in [1.807, 2.05) is 94.5 Å². The van der Waals surface area contributed by atoms with Crippen LogP contribution in [-0.4, -0.2) is 31.0 Å². The molecule has 0 unspecified atom stereocenters. The Kier molecular flexibility index (Phi) is 31.2. The van der Waals surface area contributed by atoms with Gasteiger partial charge in [-0.2, -0.15) is 8.78 Å². The second kappa shape index (κ2) is 43.2. The number of hydrogen-bond acceptors (Lipinski definition) is 5. The average Bonchev–Trinajstić information content (AvgIpc) is 1.70. The molecule has 0 aliphatic heterocycles. The van der Waals surface area contributed by atoms with Crippen molar-refractivity contribution in [2.24, 2.45) is 0 Å². The second-order valence-corrected chi connectivity index (χ2v) is 34.0. The van der Waals surface area contributed by atoms with Gasteiger partial charge in [0.25, 0.3) is 6.08 Å². The third kappa shape index (κ3) is 21.8. The van der Waals surface area contributed by atoms with Crippen molar-refractivity contribution in [3.63, 3.8) is 0 Å². The van der Waals surface area contributed by atoms with Crippen LogP contribution in [0.5, 0.6) is 23.0 Å². The number of aromatic nitrogens is 1. The summed E-state index contributed by atoms with van der Waals surface area (Å²) in [5.41, 5.74) is 27.9. The fraction of sp³-hybridized carbons (Fsp3) is 0.254. The lowest BCUT2D eigenvalue weighted by Crippen LogP contribution is -2.07. The van der Waals surface area contributed by atoms with E-state index in [0.717, 1.165) is 130 Å². The molecule has 0 atom stereocenters. The Bertz CT molecular complexity index is 6500. The van der Waals surface area contributed by atoms with Crippen LogP contribution in [0.25, 0.3) is 114 Å². The van der Waals surface area contributed by atoms with E-state index in [2.05, 4.69) is 255 Å². The van der Waals surface area contributed by atoms with Gasteiger partial charge in [0.1, 0.15) is 47.4 Å². The number of allylic oxidation sites excluding steroid dienone is 3. The van der Waals surface area contributed by atoms with Gasteiger partial charge in [-0.3, -0.25) is 0 Å². The maximum absolute atomic E-state index is 12.2. The van der Waals surface area contributed by atoms with Gasteiger partial charge in [-0.05, 0) is 372 Å². The van der Waals surface area contributed by atoms with E-state index in [4.69, 9.17) is 23.4 Å². The molecule has 0 amide bonds. The van der Waals surface area contributed by atoms with Gasteiger partial charge in [-0.25, -0.2) is 0 Å². The molecule has 14 aromatic carbocycles. The van der Waals surface area contributed by atoms with E-state index >= 15 is 0 Å². The molecular formula is C118H123F2NO5. The highest BCUT2D eigenvalue weighted by Gasteiger charge is 2.21. The summed E-state index contributed by atoms with van der Waals surface area (Å²) < 4.78 is 55.7. The number of nitrogens with zero attached hydrogens (tertiary/aromatic N) is 1. The second-order valence-electron chi connectivity index (χ2n) is 34.0. The van der Waals surface area contributed by atoms with Gasteiger partial charge < -0.3 is 27.9 Å². The summed E-state index contributed by atoms with van der Waals surface area (Å²) in [5, 5.41) is 17.8. The number of benzene rings is 14. The van der Waals surface area contributed by atoms with E-state index in [1.165, 1.54) is 183 Å². The number of fused-ring (bicyclic) bond motifs is 13. The smallest absolute Gasteiger partial charge is 0.269 e. The Morgan fingerprint density at radius 3 is 1.27 bits per heavy atom. The van der Waals surface area contributed by atoms with Crippen molar-refractivity contribution >= 4 is 97.6 Å². The first kappa shape index (κ1) is 90.9. The fourth-order valence-electron chi connectivity index (χ4n) is 17.6. The minimum absolute atomic E-state index is 0.169. The maximum Gasteiger partial charge on any atom is 0.269 e. The van der Waals surface area contributed by atoms with Gasteiger partial charge in [0, 0.05) is 44.1 Å². The van der Waals surface area contributed by atoms with Crippen LogP contribution in [0.2, 0.25) is 0 Å².